The van der Waals surface area contributed by atoms with E-state index in [1.807, 2.05) is 25.1 Å². The van der Waals surface area contributed by atoms with Gasteiger partial charge in [0.1, 0.15) is 0 Å². The van der Waals surface area contributed by atoms with Crippen molar-refractivity contribution < 1.29 is 4.92 Å². The molecule has 0 amide bonds. The molecule has 0 heterocycles. The first kappa shape index (κ1) is 11.4. The number of likely N-dealkylation sites (N-methyl/N-ethyl adjacent to an activating group) is 1. The highest BCUT2D eigenvalue weighted by Crippen LogP contribution is 2.13. The Morgan fingerprint density at radius 3 is 3.00 bits per heavy atom. The minimum Gasteiger partial charge on any atom is -0.314 e. The van der Waals surface area contributed by atoms with Crippen molar-refractivity contribution >= 4 is 11.8 Å². The van der Waals surface area contributed by atoms with E-state index in [2.05, 4.69) is 5.32 Å². The number of nitrogens with one attached hydrogen (secondary N) is 1. The molecule has 1 N–H and O–H groups in total. The zero-order chi connectivity index (χ0) is 11.1. The van der Waals surface area contributed by atoms with Crippen LogP contribution in [0.4, 0.5) is 5.69 Å². The molecule has 0 atom stereocenters. The number of rotatable bonds is 5. The monoisotopic (exact) mass is 206 g/mol. The van der Waals surface area contributed by atoms with Crippen LogP contribution in [0.2, 0.25) is 0 Å². The van der Waals surface area contributed by atoms with Gasteiger partial charge in [0, 0.05) is 18.7 Å². The summed E-state index contributed by atoms with van der Waals surface area (Å²) < 4.78 is 0. The maximum atomic E-state index is 10.5. The van der Waals surface area contributed by atoms with Crippen LogP contribution in [0.3, 0.4) is 0 Å². The molecule has 0 spiro atoms. The Balaban J connectivity index is 2.65. The van der Waals surface area contributed by atoms with Crippen molar-refractivity contribution in [2.75, 3.05) is 13.1 Å². The van der Waals surface area contributed by atoms with E-state index in [-0.39, 0.29) is 10.6 Å². The summed E-state index contributed by atoms with van der Waals surface area (Å²) in [5, 5.41) is 13.6. The van der Waals surface area contributed by atoms with E-state index in [4.69, 9.17) is 0 Å². The van der Waals surface area contributed by atoms with Crippen molar-refractivity contribution in [1.29, 1.82) is 0 Å². The van der Waals surface area contributed by atoms with E-state index < -0.39 is 0 Å². The molecule has 4 heteroatoms. The quantitative estimate of drug-likeness (QED) is 0.456. The van der Waals surface area contributed by atoms with Crippen LogP contribution in [-0.2, 0) is 0 Å². The summed E-state index contributed by atoms with van der Waals surface area (Å²) in [6.45, 7) is 3.72. The number of benzene rings is 1. The summed E-state index contributed by atoms with van der Waals surface area (Å²) in [6, 6.07) is 6.57. The smallest absolute Gasteiger partial charge is 0.270 e. The second-order valence-electron chi connectivity index (χ2n) is 3.06. The summed E-state index contributed by atoms with van der Waals surface area (Å²) in [5.74, 6) is 0. The minimum absolute atomic E-state index is 0.126. The second kappa shape index (κ2) is 5.93. The zero-order valence-corrected chi connectivity index (χ0v) is 8.64. The maximum absolute atomic E-state index is 10.5. The molecule has 80 valence electrons. The van der Waals surface area contributed by atoms with Crippen LogP contribution in [-0.4, -0.2) is 18.0 Å². The Labute approximate surface area is 88.8 Å². The second-order valence-corrected chi connectivity index (χ2v) is 3.06. The van der Waals surface area contributed by atoms with Crippen molar-refractivity contribution in [3.8, 4) is 0 Å². The molecule has 0 unspecified atom stereocenters. The molecule has 1 aromatic carbocycles. The maximum Gasteiger partial charge on any atom is 0.270 e. The van der Waals surface area contributed by atoms with Crippen LogP contribution in [0.1, 0.15) is 12.5 Å². The van der Waals surface area contributed by atoms with Crippen LogP contribution in [0.5, 0.6) is 0 Å². The number of hydrogen-bond acceptors (Lipinski definition) is 3. The lowest BCUT2D eigenvalue weighted by Gasteiger charge is -1.95. The first-order valence-electron chi connectivity index (χ1n) is 4.85. The molecule has 15 heavy (non-hydrogen) atoms. The molecule has 1 aromatic rings. The van der Waals surface area contributed by atoms with Crippen LogP contribution < -0.4 is 5.32 Å². The molecule has 4 nitrogen and oxygen atoms in total. The van der Waals surface area contributed by atoms with Crippen molar-refractivity contribution in [2.45, 2.75) is 6.92 Å². The first-order chi connectivity index (χ1) is 7.24. The van der Waals surface area contributed by atoms with Gasteiger partial charge >= 0.3 is 0 Å². The minimum atomic E-state index is -0.387. The fraction of sp³-hybridized carbons (Fsp3) is 0.273. The molecule has 0 aromatic heterocycles. The molecule has 1 rings (SSSR count). The number of hydrogen-bond donors (Lipinski definition) is 1. The van der Waals surface area contributed by atoms with Gasteiger partial charge in [-0.15, -0.1) is 0 Å². The summed E-state index contributed by atoms with van der Waals surface area (Å²) in [7, 11) is 0. The fourth-order valence-electron chi connectivity index (χ4n) is 1.16. The number of nitrogens with zero attached hydrogens (tertiary/aromatic N) is 1. The van der Waals surface area contributed by atoms with Gasteiger partial charge in [0.2, 0.25) is 0 Å². The average molecular weight is 206 g/mol. The van der Waals surface area contributed by atoms with Crippen LogP contribution >= 0.6 is 0 Å². The van der Waals surface area contributed by atoms with Gasteiger partial charge in [0.25, 0.3) is 5.69 Å². The summed E-state index contributed by atoms with van der Waals surface area (Å²) >= 11 is 0. The topological polar surface area (TPSA) is 55.2 Å². The van der Waals surface area contributed by atoms with Gasteiger partial charge in [0.15, 0.2) is 0 Å². The lowest BCUT2D eigenvalue weighted by atomic mass is 10.2. The Bertz CT molecular complexity index is 361. The zero-order valence-electron chi connectivity index (χ0n) is 8.64. The Kier molecular flexibility index (Phi) is 4.50. The number of non-ortho nitro benzene ring substituents is 1. The highest BCUT2D eigenvalue weighted by atomic mass is 16.6. The SMILES string of the molecule is CCNCC=Cc1cccc([N+](=O)[O-])c1. The summed E-state index contributed by atoms with van der Waals surface area (Å²) in [4.78, 5) is 10.1. The van der Waals surface area contributed by atoms with E-state index in [0.717, 1.165) is 18.7 Å². The first-order valence-corrected chi connectivity index (χ1v) is 4.85. The Morgan fingerprint density at radius 2 is 2.33 bits per heavy atom. The number of nitro benzene ring substituents is 1. The van der Waals surface area contributed by atoms with Crippen molar-refractivity contribution in [2.24, 2.45) is 0 Å². The molecule has 0 saturated heterocycles. The molecule has 0 saturated carbocycles. The molecule has 0 aliphatic heterocycles. The molecule has 0 aliphatic rings. The highest BCUT2D eigenvalue weighted by molar-refractivity contribution is 5.53. The van der Waals surface area contributed by atoms with Gasteiger partial charge in [-0.05, 0) is 12.1 Å². The van der Waals surface area contributed by atoms with E-state index in [9.17, 15) is 10.1 Å². The third-order valence-electron chi connectivity index (χ3n) is 1.90. The van der Waals surface area contributed by atoms with Gasteiger partial charge in [0.05, 0.1) is 4.92 Å². The van der Waals surface area contributed by atoms with E-state index in [0.29, 0.717) is 0 Å². The van der Waals surface area contributed by atoms with E-state index in [1.165, 1.54) is 6.07 Å². The lowest BCUT2D eigenvalue weighted by molar-refractivity contribution is -0.384. The Hall–Kier alpha value is -1.68. The Morgan fingerprint density at radius 1 is 1.53 bits per heavy atom. The van der Waals surface area contributed by atoms with E-state index in [1.54, 1.807) is 12.1 Å². The standard InChI is InChI=1S/C11H14N2O2/c1-2-12-8-4-6-10-5-3-7-11(9-10)13(14)15/h3-7,9,12H,2,8H2,1H3. The highest BCUT2D eigenvalue weighted by Gasteiger charge is 2.02. The predicted octanol–water partition coefficient (Wildman–Crippen LogP) is 2.22. The van der Waals surface area contributed by atoms with Crippen LogP contribution in [0, 0.1) is 10.1 Å². The fourth-order valence-corrected chi connectivity index (χ4v) is 1.16. The molecular formula is C11H14N2O2. The van der Waals surface area contributed by atoms with Crippen LogP contribution in [0.25, 0.3) is 6.08 Å². The molecule has 0 radical (unpaired) electrons. The third kappa shape index (κ3) is 3.91. The average Bonchev–Trinajstić information content (AvgIpc) is 2.25. The normalized spacial score (nSPS) is 10.7. The van der Waals surface area contributed by atoms with Crippen molar-refractivity contribution in [3.05, 3.63) is 46.0 Å². The largest absolute Gasteiger partial charge is 0.314 e. The van der Waals surface area contributed by atoms with Gasteiger partial charge in [-0.3, -0.25) is 10.1 Å². The van der Waals surface area contributed by atoms with Crippen LogP contribution in [0.15, 0.2) is 30.3 Å². The molecular weight excluding hydrogens is 192 g/mol. The van der Waals surface area contributed by atoms with Gasteiger partial charge in [-0.25, -0.2) is 0 Å². The summed E-state index contributed by atoms with van der Waals surface area (Å²) in [6.07, 6.45) is 3.82. The van der Waals surface area contributed by atoms with Gasteiger partial charge in [-0.2, -0.15) is 0 Å². The summed E-state index contributed by atoms with van der Waals surface area (Å²) in [5.41, 5.74) is 0.975. The lowest BCUT2D eigenvalue weighted by Crippen LogP contribution is -2.11. The number of nitro groups is 1. The van der Waals surface area contributed by atoms with Crippen molar-refractivity contribution in [1.82, 2.24) is 5.32 Å². The molecule has 0 bridgehead atoms. The third-order valence-corrected chi connectivity index (χ3v) is 1.90. The molecule has 0 fully saturated rings. The van der Waals surface area contributed by atoms with Crippen molar-refractivity contribution in [3.63, 3.8) is 0 Å². The molecule has 0 aliphatic carbocycles. The van der Waals surface area contributed by atoms with Gasteiger partial charge in [-0.1, -0.05) is 31.2 Å². The predicted molar refractivity (Wildman–Crippen MR) is 60.7 cm³/mol. The van der Waals surface area contributed by atoms with E-state index >= 15 is 0 Å². The van der Waals surface area contributed by atoms with Gasteiger partial charge < -0.3 is 5.32 Å².